The van der Waals surface area contributed by atoms with Crippen molar-refractivity contribution in [1.29, 1.82) is 0 Å². The van der Waals surface area contributed by atoms with Crippen molar-refractivity contribution in [1.82, 2.24) is 5.32 Å². The van der Waals surface area contributed by atoms with Crippen LogP contribution in [0.15, 0.2) is 18.2 Å². The van der Waals surface area contributed by atoms with Crippen LogP contribution >= 0.6 is 0 Å². The molecule has 3 nitrogen and oxygen atoms in total. The van der Waals surface area contributed by atoms with Gasteiger partial charge in [0, 0.05) is 39.5 Å². The van der Waals surface area contributed by atoms with E-state index >= 15 is 0 Å². The fourth-order valence-electron chi connectivity index (χ4n) is 2.23. The molecule has 0 aliphatic rings. The summed E-state index contributed by atoms with van der Waals surface area (Å²) in [6.07, 6.45) is 2.24. The van der Waals surface area contributed by atoms with Crippen molar-refractivity contribution in [2.24, 2.45) is 0 Å². The Hall–Kier alpha value is -1.06. The summed E-state index contributed by atoms with van der Waals surface area (Å²) in [5.74, 6) is 0. The summed E-state index contributed by atoms with van der Waals surface area (Å²) in [4.78, 5) is 2.30. The molecule has 3 heteroatoms. The van der Waals surface area contributed by atoms with Gasteiger partial charge < -0.3 is 15.0 Å². The summed E-state index contributed by atoms with van der Waals surface area (Å²) in [6, 6.07) is 6.73. The summed E-state index contributed by atoms with van der Waals surface area (Å²) in [5.41, 5.74) is 4.02. The molecule has 0 unspecified atom stereocenters. The lowest BCUT2D eigenvalue weighted by atomic mass is 10.1. The van der Waals surface area contributed by atoms with Crippen LogP contribution in [0.4, 0.5) is 5.69 Å². The van der Waals surface area contributed by atoms with Gasteiger partial charge >= 0.3 is 0 Å². The van der Waals surface area contributed by atoms with Crippen LogP contribution in [-0.2, 0) is 11.3 Å². The van der Waals surface area contributed by atoms with Gasteiger partial charge in [0.25, 0.3) is 0 Å². The minimum atomic E-state index is 0.822. The van der Waals surface area contributed by atoms with E-state index in [0.717, 1.165) is 32.7 Å². The molecule has 0 aliphatic carbocycles. The molecule has 0 radical (unpaired) electrons. The van der Waals surface area contributed by atoms with Gasteiger partial charge in [0.1, 0.15) is 0 Å². The molecule has 1 aromatic rings. The molecule has 0 saturated heterocycles. The average molecular weight is 264 g/mol. The Labute approximate surface area is 118 Å². The SMILES string of the molecule is CCCNCc1ccc(N(C)CCCOC)c(C)c1. The summed E-state index contributed by atoms with van der Waals surface area (Å²) in [5, 5.41) is 3.44. The molecule has 0 bridgehead atoms. The molecule has 1 N–H and O–H groups in total. The molecule has 0 saturated carbocycles. The first-order valence-corrected chi connectivity index (χ1v) is 7.19. The van der Waals surface area contributed by atoms with Gasteiger partial charge in [-0.25, -0.2) is 0 Å². The van der Waals surface area contributed by atoms with Crippen molar-refractivity contribution in [2.45, 2.75) is 33.2 Å². The highest BCUT2D eigenvalue weighted by Gasteiger charge is 2.05. The zero-order valence-corrected chi connectivity index (χ0v) is 12.8. The second-order valence-corrected chi connectivity index (χ2v) is 5.07. The van der Waals surface area contributed by atoms with Crippen molar-refractivity contribution in [3.63, 3.8) is 0 Å². The lowest BCUT2D eigenvalue weighted by Gasteiger charge is -2.22. The Kier molecular flexibility index (Phi) is 7.53. The number of rotatable bonds is 9. The Morgan fingerprint density at radius 3 is 2.74 bits per heavy atom. The maximum atomic E-state index is 5.10. The van der Waals surface area contributed by atoms with Crippen molar-refractivity contribution in [3.8, 4) is 0 Å². The molecule has 0 amide bonds. The summed E-state index contributed by atoms with van der Waals surface area (Å²) >= 11 is 0. The molecule has 1 aromatic carbocycles. The van der Waals surface area contributed by atoms with Gasteiger partial charge in [0.2, 0.25) is 0 Å². The number of benzene rings is 1. The highest BCUT2D eigenvalue weighted by Crippen LogP contribution is 2.20. The predicted molar refractivity (Wildman–Crippen MR) is 82.9 cm³/mol. The first kappa shape index (κ1) is 16.0. The number of nitrogens with zero attached hydrogens (tertiary/aromatic N) is 1. The standard InChI is InChI=1S/C16H28N2O/c1-5-9-17-13-15-7-8-16(14(2)12-15)18(3)10-6-11-19-4/h7-8,12,17H,5-6,9-11,13H2,1-4H3. The van der Waals surface area contributed by atoms with Crippen LogP contribution in [0.5, 0.6) is 0 Å². The van der Waals surface area contributed by atoms with E-state index in [9.17, 15) is 0 Å². The number of hydrogen-bond donors (Lipinski definition) is 1. The van der Waals surface area contributed by atoms with E-state index in [4.69, 9.17) is 4.74 Å². The zero-order chi connectivity index (χ0) is 14.1. The van der Waals surface area contributed by atoms with Gasteiger partial charge in [-0.2, -0.15) is 0 Å². The number of methoxy groups -OCH3 is 1. The van der Waals surface area contributed by atoms with Crippen LogP contribution in [0.2, 0.25) is 0 Å². The smallest absolute Gasteiger partial charge is 0.0479 e. The molecule has 0 fully saturated rings. The molecule has 0 spiro atoms. The number of nitrogens with one attached hydrogen (secondary N) is 1. The number of aryl methyl sites for hydroxylation is 1. The third kappa shape index (κ3) is 5.62. The van der Waals surface area contributed by atoms with Crippen LogP contribution in [0.25, 0.3) is 0 Å². The van der Waals surface area contributed by atoms with E-state index in [2.05, 4.69) is 49.3 Å². The van der Waals surface area contributed by atoms with Crippen molar-refractivity contribution < 1.29 is 4.74 Å². The minimum absolute atomic E-state index is 0.822. The molecule has 1 rings (SSSR count). The molecular weight excluding hydrogens is 236 g/mol. The van der Waals surface area contributed by atoms with E-state index in [1.165, 1.54) is 23.2 Å². The second-order valence-electron chi connectivity index (χ2n) is 5.07. The van der Waals surface area contributed by atoms with Crippen LogP contribution in [0, 0.1) is 6.92 Å². The van der Waals surface area contributed by atoms with Crippen LogP contribution in [0.1, 0.15) is 30.9 Å². The lowest BCUT2D eigenvalue weighted by molar-refractivity contribution is 0.196. The quantitative estimate of drug-likeness (QED) is 0.694. The summed E-state index contributed by atoms with van der Waals surface area (Å²) in [6.45, 7) is 8.27. The fourth-order valence-corrected chi connectivity index (χ4v) is 2.23. The third-order valence-corrected chi connectivity index (χ3v) is 3.27. The normalized spacial score (nSPS) is 10.7. The van der Waals surface area contributed by atoms with Gasteiger partial charge in [-0.05, 0) is 43.5 Å². The highest BCUT2D eigenvalue weighted by molar-refractivity contribution is 5.53. The molecule has 0 aromatic heterocycles. The van der Waals surface area contributed by atoms with E-state index in [1.807, 2.05) is 0 Å². The van der Waals surface area contributed by atoms with Crippen molar-refractivity contribution in [2.75, 3.05) is 38.8 Å². The van der Waals surface area contributed by atoms with Gasteiger partial charge in [0.05, 0.1) is 0 Å². The number of hydrogen-bond acceptors (Lipinski definition) is 3. The summed E-state index contributed by atoms with van der Waals surface area (Å²) < 4.78 is 5.10. The van der Waals surface area contributed by atoms with E-state index in [1.54, 1.807) is 7.11 Å². The van der Waals surface area contributed by atoms with Crippen molar-refractivity contribution >= 4 is 5.69 Å². The van der Waals surface area contributed by atoms with Gasteiger partial charge in [-0.15, -0.1) is 0 Å². The van der Waals surface area contributed by atoms with Crippen LogP contribution < -0.4 is 10.2 Å². The van der Waals surface area contributed by atoms with Gasteiger partial charge in [0.15, 0.2) is 0 Å². The Bertz CT molecular complexity index is 366. The first-order chi connectivity index (χ1) is 9.19. The fraction of sp³-hybridized carbons (Fsp3) is 0.625. The van der Waals surface area contributed by atoms with Crippen molar-refractivity contribution in [3.05, 3.63) is 29.3 Å². The first-order valence-electron chi connectivity index (χ1n) is 7.19. The molecule has 0 aliphatic heterocycles. The minimum Gasteiger partial charge on any atom is -0.385 e. The molecule has 0 atom stereocenters. The maximum absolute atomic E-state index is 5.10. The molecular formula is C16H28N2O. The summed E-state index contributed by atoms with van der Waals surface area (Å²) in [7, 11) is 3.90. The van der Waals surface area contributed by atoms with Gasteiger partial charge in [-0.1, -0.05) is 19.1 Å². The topological polar surface area (TPSA) is 24.5 Å². The Balaban J connectivity index is 2.55. The monoisotopic (exact) mass is 264 g/mol. The van der Waals surface area contributed by atoms with E-state index in [0.29, 0.717) is 0 Å². The number of ether oxygens (including phenoxy) is 1. The Morgan fingerprint density at radius 2 is 2.11 bits per heavy atom. The second kappa shape index (κ2) is 8.94. The van der Waals surface area contributed by atoms with Gasteiger partial charge in [-0.3, -0.25) is 0 Å². The largest absolute Gasteiger partial charge is 0.385 e. The average Bonchev–Trinajstić information content (AvgIpc) is 2.39. The highest BCUT2D eigenvalue weighted by atomic mass is 16.5. The lowest BCUT2D eigenvalue weighted by Crippen LogP contribution is -2.21. The molecule has 0 heterocycles. The number of anilines is 1. The van der Waals surface area contributed by atoms with Crippen LogP contribution in [-0.4, -0.2) is 33.9 Å². The van der Waals surface area contributed by atoms with E-state index in [-0.39, 0.29) is 0 Å². The zero-order valence-electron chi connectivity index (χ0n) is 12.8. The maximum Gasteiger partial charge on any atom is 0.0479 e. The predicted octanol–water partition coefficient (Wildman–Crippen LogP) is 2.97. The Morgan fingerprint density at radius 1 is 1.32 bits per heavy atom. The molecule has 19 heavy (non-hydrogen) atoms. The molecule has 108 valence electrons. The van der Waals surface area contributed by atoms with Crippen LogP contribution in [0.3, 0.4) is 0 Å². The van der Waals surface area contributed by atoms with E-state index < -0.39 is 0 Å². The third-order valence-electron chi connectivity index (χ3n) is 3.27.